The van der Waals surface area contributed by atoms with Gasteiger partial charge in [-0.15, -0.1) is 0 Å². The minimum Gasteiger partial charge on any atom is -0.457 e. The number of benzene rings is 1. The van der Waals surface area contributed by atoms with E-state index in [0.717, 1.165) is 10.9 Å². The van der Waals surface area contributed by atoms with Crippen molar-refractivity contribution >= 4 is 34.2 Å². The molecule has 2 N–H and O–H groups in total. The highest BCUT2D eigenvalue weighted by Gasteiger charge is 2.17. The zero-order valence-corrected chi connectivity index (χ0v) is 11.6. The summed E-state index contributed by atoms with van der Waals surface area (Å²) in [6, 6.07) is 4.92. The Morgan fingerprint density at radius 3 is 2.79 bits per heavy atom. The molecule has 2 heterocycles. The van der Waals surface area contributed by atoms with E-state index in [-0.39, 0.29) is 6.04 Å². The predicted molar refractivity (Wildman–Crippen MR) is 75.5 cm³/mol. The molecule has 0 radical (unpaired) electrons. The van der Waals surface area contributed by atoms with E-state index in [1.54, 1.807) is 23.0 Å². The van der Waals surface area contributed by atoms with Gasteiger partial charge in [-0.05, 0) is 18.2 Å². The van der Waals surface area contributed by atoms with Crippen LogP contribution in [0, 0.1) is 0 Å². The van der Waals surface area contributed by atoms with E-state index in [1.165, 1.54) is 0 Å². The van der Waals surface area contributed by atoms with Crippen LogP contribution in [-0.2, 0) is 7.05 Å². The monoisotopic (exact) mass is 295 g/mol. The molecule has 3 aromatic rings. The van der Waals surface area contributed by atoms with Gasteiger partial charge in [0.2, 0.25) is 0 Å². The van der Waals surface area contributed by atoms with Gasteiger partial charge < -0.3 is 10.2 Å². The molecule has 6 heteroatoms. The van der Waals surface area contributed by atoms with Crippen molar-refractivity contribution in [2.75, 3.05) is 0 Å². The van der Waals surface area contributed by atoms with Gasteiger partial charge in [-0.3, -0.25) is 4.68 Å². The lowest BCUT2D eigenvalue weighted by Crippen LogP contribution is -2.09. The summed E-state index contributed by atoms with van der Waals surface area (Å²) in [5.74, 6) is 0.632. The Bertz CT molecular complexity index is 748. The smallest absolute Gasteiger partial charge is 0.153 e. The third kappa shape index (κ3) is 2.23. The van der Waals surface area contributed by atoms with E-state index in [4.69, 9.17) is 33.4 Å². The van der Waals surface area contributed by atoms with E-state index in [2.05, 4.69) is 5.10 Å². The molecule has 0 aliphatic carbocycles. The second kappa shape index (κ2) is 4.56. The van der Waals surface area contributed by atoms with Crippen LogP contribution in [0.4, 0.5) is 0 Å². The van der Waals surface area contributed by atoms with Gasteiger partial charge in [0.1, 0.15) is 5.76 Å². The molecule has 0 saturated carbocycles. The van der Waals surface area contributed by atoms with Gasteiger partial charge in [0.05, 0.1) is 17.3 Å². The molecule has 1 aromatic carbocycles. The van der Waals surface area contributed by atoms with E-state index in [9.17, 15) is 0 Å². The van der Waals surface area contributed by atoms with Gasteiger partial charge in [0, 0.05) is 29.2 Å². The first-order chi connectivity index (χ1) is 9.04. The average molecular weight is 296 g/mol. The van der Waals surface area contributed by atoms with Gasteiger partial charge >= 0.3 is 0 Å². The predicted octanol–water partition coefficient (Wildman–Crippen LogP) is 3.52. The molecule has 3 rings (SSSR count). The molecule has 0 aliphatic heterocycles. The molecule has 0 aliphatic rings. The Morgan fingerprint density at radius 1 is 1.32 bits per heavy atom. The van der Waals surface area contributed by atoms with E-state index in [1.807, 2.05) is 19.3 Å². The summed E-state index contributed by atoms with van der Waals surface area (Å²) >= 11 is 12.1. The molecule has 0 saturated heterocycles. The van der Waals surface area contributed by atoms with Crippen molar-refractivity contribution in [1.82, 2.24) is 9.78 Å². The third-order valence-electron chi connectivity index (χ3n) is 2.95. The summed E-state index contributed by atoms with van der Waals surface area (Å²) in [6.07, 6.45) is 3.57. The molecule has 1 unspecified atom stereocenters. The number of furan rings is 1. The Labute approximate surface area is 119 Å². The van der Waals surface area contributed by atoms with Crippen LogP contribution in [0.2, 0.25) is 10.0 Å². The molecule has 4 nitrogen and oxygen atoms in total. The first-order valence-electron chi connectivity index (χ1n) is 5.67. The van der Waals surface area contributed by atoms with E-state index in [0.29, 0.717) is 21.4 Å². The molecular weight excluding hydrogens is 285 g/mol. The summed E-state index contributed by atoms with van der Waals surface area (Å²) in [5.41, 5.74) is 7.63. The highest BCUT2D eigenvalue weighted by atomic mass is 35.5. The molecule has 1 atom stereocenters. The van der Waals surface area contributed by atoms with Crippen molar-refractivity contribution < 1.29 is 4.42 Å². The van der Waals surface area contributed by atoms with Crippen molar-refractivity contribution in [1.29, 1.82) is 0 Å². The summed E-state index contributed by atoms with van der Waals surface area (Å²) < 4.78 is 7.42. The van der Waals surface area contributed by atoms with Crippen molar-refractivity contribution in [3.63, 3.8) is 0 Å². The van der Waals surface area contributed by atoms with Crippen molar-refractivity contribution in [3.8, 4) is 0 Å². The number of aryl methyl sites for hydroxylation is 1. The summed E-state index contributed by atoms with van der Waals surface area (Å²) in [5, 5.41) is 5.98. The molecule has 2 aromatic heterocycles. The summed E-state index contributed by atoms with van der Waals surface area (Å²) in [7, 11) is 1.84. The Morgan fingerprint density at radius 2 is 2.11 bits per heavy atom. The first-order valence-corrected chi connectivity index (χ1v) is 6.43. The van der Waals surface area contributed by atoms with Gasteiger partial charge in [0.25, 0.3) is 0 Å². The number of nitrogens with zero attached hydrogens (tertiary/aromatic N) is 2. The minimum atomic E-state index is -0.379. The van der Waals surface area contributed by atoms with Crippen molar-refractivity contribution in [2.45, 2.75) is 6.04 Å². The normalized spacial score (nSPS) is 13.1. The van der Waals surface area contributed by atoms with Gasteiger partial charge in [-0.1, -0.05) is 23.2 Å². The second-order valence-electron chi connectivity index (χ2n) is 4.38. The second-order valence-corrected chi connectivity index (χ2v) is 5.22. The fraction of sp³-hybridized carbons (Fsp3) is 0.154. The first kappa shape index (κ1) is 12.5. The maximum Gasteiger partial charge on any atom is 0.153 e. The molecule has 98 valence electrons. The van der Waals surface area contributed by atoms with Crippen molar-refractivity contribution in [3.05, 3.63) is 52.0 Å². The molecular formula is C13H11Cl2N3O. The maximum absolute atomic E-state index is 6.16. The SMILES string of the molecule is Cn1cc(C(N)c2cc3cc(Cl)cc(Cl)c3o2)cn1. The lowest BCUT2D eigenvalue weighted by Gasteiger charge is -2.04. The number of rotatable bonds is 2. The van der Waals surface area contributed by atoms with Crippen LogP contribution in [0.3, 0.4) is 0 Å². The highest BCUT2D eigenvalue weighted by Crippen LogP contribution is 2.33. The molecule has 0 amide bonds. The zero-order chi connectivity index (χ0) is 13.6. The standard InChI is InChI=1S/C13H11Cl2N3O/c1-18-6-8(5-17-18)12(16)11-3-7-2-9(14)4-10(15)13(7)19-11/h2-6,12H,16H2,1H3. The van der Waals surface area contributed by atoms with E-state index < -0.39 is 0 Å². The number of halogens is 2. The number of hydrogen-bond acceptors (Lipinski definition) is 3. The molecule has 0 fully saturated rings. The Balaban J connectivity index is 2.08. The van der Waals surface area contributed by atoms with Crippen LogP contribution in [0.5, 0.6) is 0 Å². The summed E-state index contributed by atoms with van der Waals surface area (Å²) in [6.45, 7) is 0. The van der Waals surface area contributed by atoms with Crippen LogP contribution in [0.25, 0.3) is 11.0 Å². The lowest BCUT2D eigenvalue weighted by atomic mass is 10.1. The Kier molecular flexibility index (Phi) is 3.01. The fourth-order valence-corrected chi connectivity index (χ4v) is 2.56. The lowest BCUT2D eigenvalue weighted by molar-refractivity contribution is 0.525. The van der Waals surface area contributed by atoms with Gasteiger partial charge in [-0.2, -0.15) is 5.10 Å². The number of aromatic nitrogens is 2. The summed E-state index contributed by atoms with van der Waals surface area (Å²) in [4.78, 5) is 0. The highest BCUT2D eigenvalue weighted by molar-refractivity contribution is 6.38. The van der Waals surface area contributed by atoms with Crippen molar-refractivity contribution in [2.24, 2.45) is 12.8 Å². The average Bonchev–Trinajstić information content (AvgIpc) is 2.94. The van der Waals surface area contributed by atoms with Crippen LogP contribution < -0.4 is 5.73 Å². The number of fused-ring (bicyclic) bond motifs is 1. The van der Waals surface area contributed by atoms with E-state index >= 15 is 0 Å². The van der Waals surface area contributed by atoms with Crippen LogP contribution in [-0.4, -0.2) is 9.78 Å². The van der Waals surface area contributed by atoms with Crippen LogP contribution in [0.1, 0.15) is 17.4 Å². The Hall–Kier alpha value is -1.49. The minimum absolute atomic E-state index is 0.379. The van der Waals surface area contributed by atoms with Crippen LogP contribution in [0.15, 0.2) is 35.0 Å². The molecule has 0 spiro atoms. The van der Waals surface area contributed by atoms with Gasteiger partial charge in [-0.25, -0.2) is 0 Å². The fourth-order valence-electron chi connectivity index (χ4n) is 2.01. The quantitative estimate of drug-likeness (QED) is 0.787. The zero-order valence-electron chi connectivity index (χ0n) is 10.1. The third-order valence-corrected chi connectivity index (χ3v) is 3.44. The molecule has 19 heavy (non-hydrogen) atoms. The maximum atomic E-state index is 6.16. The van der Waals surface area contributed by atoms with Gasteiger partial charge in [0.15, 0.2) is 5.58 Å². The largest absolute Gasteiger partial charge is 0.457 e. The molecule has 0 bridgehead atoms. The number of nitrogens with two attached hydrogens (primary N) is 1. The number of hydrogen-bond donors (Lipinski definition) is 1. The van der Waals surface area contributed by atoms with Crippen LogP contribution >= 0.6 is 23.2 Å². The topological polar surface area (TPSA) is 57.0 Å².